The van der Waals surface area contributed by atoms with Gasteiger partial charge in [0, 0.05) is 0 Å². The van der Waals surface area contributed by atoms with Crippen LogP contribution in [0.4, 0.5) is 0 Å². The molecular formula is C3H2K3O6P. The van der Waals surface area contributed by atoms with E-state index >= 15 is 0 Å². The van der Waals surface area contributed by atoms with Crippen molar-refractivity contribution in [3.63, 3.8) is 0 Å². The van der Waals surface area contributed by atoms with E-state index in [1.165, 1.54) is 0 Å². The first-order valence-electron chi connectivity index (χ1n) is 1.95. The number of hydrogen-bond donors (Lipinski definition) is 0. The van der Waals surface area contributed by atoms with E-state index in [0.29, 0.717) is 0 Å². The summed E-state index contributed by atoms with van der Waals surface area (Å²) in [5.41, 5.74) is 0. The zero-order valence-corrected chi connectivity index (χ0v) is 17.9. The van der Waals surface area contributed by atoms with E-state index < -0.39 is 19.6 Å². The molecule has 0 spiro atoms. The summed E-state index contributed by atoms with van der Waals surface area (Å²) in [6.45, 7) is 2.58. The van der Waals surface area contributed by atoms with E-state index in [2.05, 4.69) is 11.1 Å². The number of phosphoric ester groups is 1. The Bertz CT molecular complexity index is 211. The number of carboxylic acid groups (broad SMARTS) is 1. The van der Waals surface area contributed by atoms with Crippen molar-refractivity contribution in [2.24, 2.45) is 0 Å². The Morgan fingerprint density at radius 1 is 1.23 bits per heavy atom. The first-order valence-corrected chi connectivity index (χ1v) is 3.41. The van der Waals surface area contributed by atoms with Crippen LogP contribution in [0.15, 0.2) is 12.3 Å². The molecule has 0 amide bonds. The zero-order chi connectivity index (χ0) is 8.36. The molecule has 0 aliphatic rings. The number of hydrogen-bond acceptors (Lipinski definition) is 6. The summed E-state index contributed by atoms with van der Waals surface area (Å²) in [6.07, 6.45) is 0. The van der Waals surface area contributed by atoms with Gasteiger partial charge in [0.05, 0.1) is 0 Å². The predicted octanol–water partition coefficient (Wildman–Crippen LogP) is -11.9. The molecule has 0 radical (unpaired) electrons. The minimum atomic E-state index is -5.30. The third-order valence-electron chi connectivity index (χ3n) is 0.450. The molecule has 0 N–H and O–H groups in total. The van der Waals surface area contributed by atoms with Crippen LogP contribution in [0.5, 0.6) is 0 Å². The third kappa shape index (κ3) is 18.6. The van der Waals surface area contributed by atoms with Crippen molar-refractivity contribution in [2.75, 3.05) is 0 Å². The van der Waals surface area contributed by atoms with Gasteiger partial charge >= 0.3 is 154 Å². The van der Waals surface area contributed by atoms with Crippen molar-refractivity contribution in [2.45, 2.75) is 0 Å². The van der Waals surface area contributed by atoms with Crippen molar-refractivity contribution in [3.8, 4) is 0 Å². The number of carbonyl (C=O) groups is 1. The molecule has 0 atom stereocenters. The molecule has 0 aromatic carbocycles. The summed E-state index contributed by atoms with van der Waals surface area (Å²) in [7, 11) is -5.30. The van der Waals surface area contributed by atoms with Gasteiger partial charge in [-0.15, -0.1) is 0 Å². The van der Waals surface area contributed by atoms with Gasteiger partial charge < -0.3 is 28.8 Å². The number of carboxylic acids is 1. The molecule has 0 fully saturated rings. The minimum absolute atomic E-state index is 0. The molecule has 0 unspecified atom stereocenters. The fraction of sp³-hybridized carbons (Fsp3) is 0. The quantitative estimate of drug-likeness (QED) is 0.220. The molecule has 6 nitrogen and oxygen atoms in total. The van der Waals surface area contributed by atoms with E-state index in [-0.39, 0.29) is 154 Å². The summed E-state index contributed by atoms with van der Waals surface area (Å²) in [5, 5.41) is 9.64. The van der Waals surface area contributed by atoms with Gasteiger partial charge in [0.25, 0.3) is 0 Å². The average Bonchev–Trinajstić information content (AvgIpc) is 1.60. The Morgan fingerprint density at radius 2 is 1.54 bits per heavy atom. The predicted molar refractivity (Wildman–Crippen MR) is 22.8 cm³/mol. The van der Waals surface area contributed by atoms with Crippen LogP contribution in [0, 0.1) is 0 Å². The van der Waals surface area contributed by atoms with Crippen LogP contribution >= 0.6 is 7.82 Å². The van der Waals surface area contributed by atoms with Gasteiger partial charge in [-0.25, -0.2) is 0 Å². The number of carbonyl (C=O) groups excluding carboxylic acids is 1. The molecule has 0 rings (SSSR count). The van der Waals surface area contributed by atoms with Gasteiger partial charge in [0.2, 0.25) is 0 Å². The molecule has 0 aliphatic carbocycles. The Labute approximate surface area is 203 Å². The van der Waals surface area contributed by atoms with Gasteiger partial charge in [-0.3, -0.25) is 0 Å². The topological polar surface area (TPSA) is 113 Å². The minimum Gasteiger partial charge on any atom is -0.780 e. The number of aliphatic carboxylic acids is 1. The second kappa shape index (κ2) is 12.5. The molecule has 0 bridgehead atoms. The summed E-state index contributed by atoms with van der Waals surface area (Å²) < 4.78 is 12.9. The molecule has 0 saturated heterocycles. The fourth-order valence-electron chi connectivity index (χ4n) is 0.172. The zero-order valence-electron chi connectivity index (χ0n) is 7.60. The second-order valence-electron chi connectivity index (χ2n) is 1.25. The number of rotatable bonds is 3. The SMILES string of the molecule is C=C(OP(=O)([O-])[O-])C(=O)[O-].[K+].[K+].[K+]. The smallest absolute Gasteiger partial charge is 0.780 e. The molecule has 0 aromatic rings. The normalized spacial score (nSPS) is 8.15. The third-order valence-corrected chi connectivity index (χ3v) is 0.894. The van der Waals surface area contributed by atoms with Gasteiger partial charge in [-0.1, -0.05) is 6.58 Å². The van der Waals surface area contributed by atoms with Crippen LogP contribution in [0.3, 0.4) is 0 Å². The van der Waals surface area contributed by atoms with Gasteiger partial charge in [-0.2, -0.15) is 0 Å². The van der Waals surface area contributed by atoms with Crippen molar-refractivity contribution in [1.29, 1.82) is 0 Å². The Morgan fingerprint density at radius 3 is 1.62 bits per heavy atom. The van der Waals surface area contributed by atoms with E-state index in [9.17, 15) is 24.3 Å². The van der Waals surface area contributed by atoms with Gasteiger partial charge in [-0.05, 0) is 0 Å². The molecular weight excluding hydrogens is 280 g/mol. The van der Waals surface area contributed by atoms with Crippen molar-refractivity contribution in [3.05, 3.63) is 12.3 Å². The van der Waals surface area contributed by atoms with E-state index in [0.717, 1.165) is 0 Å². The molecule has 0 aliphatic heterocycles. The van der Waals surface area contributed by atoms with E-state index in [1.807, 2.05) is 0 Å². The maximum absolute atomic E-state index is 9.64. The van der Waals surface area contributed by atoms with Crippen LogP contribution in [-0.4, -0.2) is 5.97 Å². The monoisotopic (exact) mass is 282 g/mol. The first-order chi connectivity index (χ1) is 4.33. The van der Waals surface area contributed by atoms with Crippen molar-refractivity contribution >= 4 is 13.8 Å². The summed E-state index contributed by atoms with van der Waals surface area (Å²) in [6, 6.07) is 0. The maximum Gasteiger partial charge on any atom is 1.00 e. The van der Waals surface area contributed by atoms with Crippen LogP contribution in [0.2, 0.25) is 0 Å². The maximum atomic E-state index is 9.64. The van der Waals surface area contributed by atoms with Crippen molar-refractivity contribution in [1.82, 2.24) is 0 Å². The molecule has 0 aromatic heterocycles. The molecule has 0 saturated carbocycles. The van der Waals surface area contributed by atoms with Crippen LogP contribution in [0.1, 0.15) is 0 Å². The first kappa shape index (κ1) is 25.8. The van der Waals surface area contributed by atoms with Crippen molar-refractivity contribution < 1.29 is 183 Å². The Hall–Kier alpha value is 4.07. The van der Waals surface area contributed by atoms with E-state index in [4.69, 9.17) is 0 Å². The Balaban J connectivity index is -0.000000135. The van der Waals surface area contributed by atoms with Crippen LogP contribution in [-0.2, 0) is 13.9 Å². The standard InChI is InChI=1S/C3H5O6P.3K/c1-2(3(4)5)9-10(6,7)8;;;/h1H2,(H,4,5)(H2,6,7,8);;;/q;3*+1/p-3. The van der Waals surface area contributed by atoms with Crippen LogP contribution < -0.4 is 169 Å². The molecule has 0 heterocycles. The van der Waals surface area contributed by atoms with Gasteiger partial charge in [0.15, 0.2) is 0 Å². The van der Waals surface area contributed by atoms with Gasteiger partial charge in [0.1, 0.15) is 19.6 Å². The second-order valence-corrected chi connectivity index (χ2v) is 2.33. The Kier molecular flexibility index (Phi) is 24.9. The van der Waals surface area contributed by atoms with E-state index in [1.54, 1.807) is 0 Å². The largest absolute Gasteiger partial charge is 1.00 e. The molecule has 13 heavy (non-hydrogen) atoms. The fourth-order valence-corrected chi connectivity index (χ4v) is 0.517. The van der Waals surface area contributed by atoms with Crippen LogP contribution in [0.25, 0.3) is 0 Å². The molecule has 58 valence electrons. The summed E-state index contributed by atoms with van der Waals surface area (Å²) in [5.74, 6) is -3.15. The summed E-state index contributed by atoms with van der Waals surface area (Å²) >= 11 is 0. The summed E-state index contributed by atoms with van der Waals surface area (Å²) in [4.78, 5) is 28.9. The average molecular weight is 282 g/mol. The number of phosphoric acid groups is 1. The molecule has 10 heteroatoms.